The van der Waals surface area contributed by atoms with Gasteiger partial charge in [0.25, 0.3) is 0 Å². The third-order valence-corrected chi connectivity index (χ3v) is 2.54. The van der Waals surface area contributed by atoms with E-state index >= 15 is 0 Å². The summed E-state index contributed by atoms with van der Waals surface area (Å²) in [6, 6.07) is 0. The minimum Gasteiger partial charge on any atom is -0.369 e. The Morgan fingerprint density at radius 2 is 2.00 bits per heavy atom. The average molecular weight is 211 g/mol. The van der Waals surface area contributed by atoms with Crippen molar-refractivity contribution in [2.45, 2.75) is 39.5 Å². The SMILES string of the molecule is CC(C)(CC(C)(C)c1nnn[nH]1)C(N)=O. The van der Waals surface area contributed by atoms with Crippen molar-refractivity contribution < 1.29 is 4.79 Å². The molecule has 3 N–H and O–H groups in total. The fraction of sp³-hybridized carbons (Fsp3) is 0.778. The van der Waals surface area contributed by atoms with Gasteiger partial charge in [-0.05, 0) is 16.8 Å². The molecule has 6 heteroatoms. The number of hydrogen-bond acceptors (Lipinski definition) is 4. The zero-order valence-electron chi connectivity index (χ0n) is 9.53. The number of nitrogens with one attached hydrogen (secondary N) is 1. The number of carbonyl (C=O) groups excluding carboxylic acids is 1. The van der Waals surface area contributed by atoms with Gasteiger partial charge in [-0.1, -0.05) is 27.7 Å². The number of nitrogens with zero attached hydrogens (tertiary/aromatic N) is 3. The molecule has 6 nitrogen and oxygen atoms in total. The molecule has 0 atom stereocenters. The molecular formula is C9H17N5O. The van der Waals surface area contributed by atoms with Crippen molar-refractivity contribution in [2.75, 3.05) is 0 Å². The maximum absolute atomic E-state index is 11.2. The third kappa shape index (κ3) is 2.51. The second-order valence-electron chi connectivity index (χ2n) is 5.06. The highest BCUT2D eigenvalue weighted by Gasteiger charge is 2.36. The van der Waals surface area contributed by atoms with Gasteiger partial charge in [-0.2, -0.15) is 0 Å². The van der Waals surface area contributed by atoms with Crippen LogP contribution in [0, 0.1) is 5.41 Å². The lowest BCUT2D eigenvalue weighted by molar-refractivity contribution is -0.127. The van der Waals surface area contributed by atoms with E-state index in [1.807, 2.05) is 27.7 Å². The highest BCUT2D eigenvalue weighted by Crippen LogP contribution is 2.34. The van der Waals surface area contributed by atoms with Crippen molar-refractivity contribution in [1.82, 2.24) is 20.6 Å². The van der Waals surface area contributed by atoms with E-state index in [4.69, 9.17) is 5.73 Å². The van der Waals surface area contributed by atoms with E-state index in [2.05, 4.69) is 20.6 Å². The maximum Gasteiger partial charge on any atom is 0.223 e. The fourth-order valence-electron chi connectivity index (χ4n) is 1.72. The van der Waals surface area contributed by atoms with Gasteiger partial charge in [0.1, 0.15) is 0 Å². The summed E-state index contributed by atoms with van der Waals surface area (Å²) in [6.45, 7) is 7.58. The molecule has 0 radical (unpaired) electrons. The van der Waals surface area contributed by atoms with Crippen LogP contribution < -0.4 is 5.73 Å². The number of tetrazole rings is 1. The molecular weight excluding hydrogens is 194 g/mol. The van der Waals surface area contributed by atoms with E-state index in [1.54, 1.807) is 0 Å². The van der Waals surface area contributed by atoms with Gasteiger partial charge in [0.15, 0.2) is 5.82 Å². The van der Waals surface area contributed by atoms with Crippen LogP contribution in [0.2, 0.25) is 0 Å². The Morgan fingerprint density at radius 3 is 2.40 bits per heavy atom. The summed E-state index contributed by atoms with van der Waals surface area (Å²) in [7, 11) is 0. The first-order valence-electron chi connectivity index (χ1n) is 4.80. The smallest absolute Gasteiger partial charge is 0.223 e. The number of rotatable bonds is 4. The highest BCUT2D eigenvalue weighted by atomic mass is 16.1. The normalized spacial score (nSPS) is 12.8. The number of hydrogen-bond donors (Lipinski definition) is 2. The Bertz CT molecular complexity index is 341. The molecule has 1 amide bonds. The topological polar surface area (TPSA) is 97.6 Å². The van der Waals surface area contributed by atoms with E-state index in [1.165, 1.54) is 0 Å². The molecule has 0 aliphatic heterocycles. The van der Waals surface area contributed by atoms with Crippen LogP contribution in [0.25, 0.3) is 0 Å². The summed E-state index contributed by atoms with van der Waals surface area (Å²) in [4.78, 5) is 11.2. The molecule has 0 spiro atoms. The average Bonchev–Trinajstić information content (AvgIpc) is 2.53. The monoisotopic (exact) mass is 211 g/mol. The van der Waals surface area contributed by atoms with Crippen LogP contribution in [0.4, 0.5) is 0 Å². The van der Waals surface area contributed by atoms with Crippen molar-refractivity contribution >= 4 is 5.91 Å². The summed E-state index contributed by atoms with van der Waals surface area (Å²) in [5.74, 6) is 0.347. The maximum atomic E-state index is 11.2. The van der Waals surface area contributed by atoms with Gasteiger partial charge in [-0.25, -0.2) is 5.10 Å². The number of H-pyrrole nitrogens is 1. The minimum absolute atomic E-state index is 0.304. The second-order valence-corrected chi connectivity index (χ2v) is 5.06. The molecule has 1 aromatic heterocycles. The molecule has 0 aromatic carbocycles. The number of amides is 1. The molecule has 1 aromatic rings. The molecule has 0 aliphatic rings. The Labute approximate surface area is 88.6 Å². The van der Waals surface area contributed by atoms with Crippen LogP contribution in [0.5, 0.6) is 0 Å². The van der Waals surface area contributed by atoms with E-state index < -0.39 is 5.41 Å². The van der Waals surface area contributed by atoms with Crippen LogP contribution in [-0.4, -0.2) is 26.5 Å². The lowest BCUT2D eigenvalue weighted by Crippen LogP contribution is -2.37. The third-order valence-electron chi connectivity index (χ3n) is 2.54. The lowest BCUT2D eigenvalue weighted by atomic mass is 9.74. The van der Waals surface area contributed by atoms with E-state index in [-0.39, 0.29) is 11.3 Å². The molecule has 0 saturated carbocycles. The van der Waals surface area contributed by atoms with Crippen molar-refractivity contribution in [2.24, 2.45) is 11.1 Å². The van der Waals surface area contributed by atoms with Gasteiger partial charge in [-0.15, -0.1) is 5.10 Å². The van der Waals surface area contributed by atoms with Gasteiger partial charge >= 0.3 is 0 Å². The minimum atomic E-state index is -0.573. The molecule has 84 valence electrons. The summed E-state index contributed by atoms with van der Waals surface area (Å²) in [5.41, 5.74) is 4.45. The summed E-state index contributed by atoms with van der Waals surface area (Å²) in [5, 5.41) is 13.6. The van der Waals surface area contributed by atoms with Crippen LogP contribution in [0.3, 0.4) is 0 Å². The lowest BCUT2D eigenvalue weighted by Gasteiger charge is -2.30. The first-order chi connectivity index (χ1) is 6.76. The Balaban J connectivity index is 2.86. The van der Waals surface area contributed by atoms with Gasteiger partial charge in [0.2, 0.25) is 5.91 Å². The molecule has 0 saturated heterocycles. The molecule has 0 aliphatic carbocycles. The molecule has 1 heterocycles. The number of aromatic amines is 1. The molecule has 0 fully saturated rings. The number of nitrogens with two attached hydrogens (primary N) is 1. The number of primary amides is 1. The van der Waals surface area contributed by atoms with Crippen molar-refractivity contribution in [3.63, 3.8) is 0 Å². The van der Waals surface area contributed by atoms with Crippen LogP contribution in [0.1, 0.15) is 39.9 Å². The van der Waals surface area contributed by atoms with Gasteiger partial charge in [0, 0.05) is 10.8 Å². The number of aromatic nitrogens is 4. The van der Waals surface area contributed by atoms with E-state index in [9.17, 15) is 4.79 Å². The first kappa shape index (κ1) is 11.6. The summed E-state index contributed by atoms with van der Waals surface area (Å²) in [6.07, 6.45) is 0.589. The van der Waals surface area contributed by atoms with Crippen molar-refractivity contribution in [3.8, 4) is 0 Å². The van der Waals surface area contributed by atoms with Crippen LogP contribution in [0.15, 0.2) is 0 Å². The quantitative estimate of drug-likeness (QED) is 0.752. The van der Waals surface area contributed by atoms with Crippen molar-refractivity contribution in [3.05, 3.63) is 5.82 Å². The van der Waals surface area contributed by atoms with E-state index in [0.717, 1.165) is 0 Å². The van der Waals surface area contributed by atoms with Crippen LogP contribution >= 0.6 is 0 Å². The largest absolute Gasteiger partial charge is 0.369 e. The zero-order valence-corrected chi connectivity index (χ0v) is 9.53. The van der Waals surface area contributed by atoms with Crippen molar-refractivity contribution in [1.29, 1.82) is 0 Å². The Kier molecular flexibility index (Phi) is 2.79. The fourth-order valence-corrected chi connectivity index (χ4v) is 1.72. The Morgan fingerprint density at radius 1 is 1.40 bits per heavy atom. The molecule has 0 bridgehead atoms. The first-order valence-corrected chi connectivity index (χ1v) is 4.80. The summed E-state index contributed by atoms with van der Waals surface area (Å²) >= 11 is 0. The molecule has 1 rings (SSSR count). The summed E-state index contributed by atoms with van der Waals surface area (Å²) < 4.78 is 0. The van der Waals surface area contributed by atoms with Crippen LogP contribution in [-0.2, 0) is 10.2 Å². The van der Waals surface area contributed by atoms with Gasteiger partial charge in [0.05, 0.1) is 0 Å². The predicted octanol–water partition coefficient (Wildman–Crippen LogP) is 0.379. The molecule has 0 unspecified atom stereocenters. The second kappa shape index (κ2) is 3.60. The molecule has 15 heavy (non-hydrogen) atoms. The zero-order chi connectivity index (χ0) is 11.7. The standard InChI is InChI=1S/C9H17N5O/c1-8(2,6(10)15)5-9(3,4)7-11-13-14-12-7/h5H2,1-4H3,(H2,10,15)(H,11,12,13,14). The predicted molar refractivity (Wildman–Crippen MR) is 54.8 cm³/mol. The number of carbonyl (C=O) groups is 1. The van der Waals surface area contributed by atoms with Gasteiger partial charge in [-0.3, -0.25) is 4.79 Å². The highest BCUT2D eigenvalue weighted by molar-refractivity contribution is 5.80. The Hall–Kier alpha value is -1.46. The van der Waals surface area contributed by atoms with Gasteiger partial charge < -0.3 is 5.73 Å². The van der Waals surface area contributed by atoms with E-state index in [0.29, 0.717) is 12.2 Å².